The molecule has 13 nitrogen and oxygen atoms in total. The van der Waals surface area contributed by atoms with E-state index in [0.29, 0.717) is 23.2 Å². The van der Waals surface area contributed by atoms with Crippen LogP contribution in [0.15, 0.2) is 48.5 Å². The van der Waals surface area contributed by atoms with E-state index in [1.807, 2.05) is 6.92 Å². The lowest BCUT2D eigenvalue weighted by Crippen LogP contribution is -2.45. The number of amides is 5. The summed E-state index contributed by atoms with van der Waals surface area (Å²) in [6.45, 7) is 5.46. The van der Waals surface area contributed by atoms with Gasteiger partial charge in [0, 0.05) is 57.3 Å². The van der Waals surface area contributed by atoms with Gasteiger partial charge in [-0.15, -0.1) is 0 Å². The molecular weight excluding hydrogens is 618 g/mol. The van der Waals surface area contributed by atoms with Crippen molar-refractivity contribution in [2.24, 2.45) is 23.5 Å². The highest BCUT2D eigenvalue weighted by Crippen LogP contribution is 2.21. The summed E-state index contributed by atoms with van der Waals surface area (Å²) in [7, 11) is -0.382. The molecule has 0 aromatic heterocycles. The van der Waals surface area contributed by atoms with Crippen LogP contribution in [0.3, 0.4) is 0 Å². The van der Waals surface area contributed by atoms with Crippen LogP contribution in [0.1, 0.15) is 76.6 Å². The number of aryl methyl sites for hydroxylation is 1. The highest BCUT2D eigenvalue weighted by atomic mass is 16.5. The Hall–Kier alpha value is -5.07. The molecule has 48 heavy (non-hydrogen) atoms. The van der Waals surface area contributed by atoms with Gasteiger partial charge in [0.05, 0.1) is 6.04 Å². The second-order valence-electron chi connectivity index (χ2n) is 11.9. The van der Waals surface area contributed by atoms with Crippen LogP contribution in [0, 0.1) is 24.7 Å². The number of anilines is 1. The number of nitrogens with two attached hydrogens (primary N) is 1. The van der Waals surface area contributed by atoms with Crippen molar-refractivity contribution in [2.45, 2.75) is 71.9 Å². The first-order valence-electron chi connectivity index (χ1n) is 17.0. The third-order valence-electron chi connectivity index (χ3n) is 7.77. The minimum absolute atomic E-state index is 0.0104. The maximum Gasteiger partial charge on any atom is 0.312 e. The molecule has 0 heterocycles. The number of carbonyl (C=O) groups excluding carboxylic acids is 7. The van der Waals surface area contributed by atoms with Crippen molar-refractivity contribution < 1.29 is 41.0 Å². The number of rotatable bonds is 20. The molecule has 0 aliphatic carbocycles. The van der Waals surface area contributed by atoms with Gasteiger partial charge < -0.3 is 31.7 Å². The predicted molar refractivity (Wildman–Crippen MR) is 180 cm³/mol. The molecule has 2 rings (SSSR count). The second-order valence-corrected chi connectivity index (χ2v) is 11.9. The lowest BCUT2D eigenvalue weighted by atomic mass is 9.89. The summed E-state index contributed by atoms with van der Waals surface area (Å²) in [6, 6.07) is 11.6. The van der Waals surface area contributed by atoms with Crippen molar-refractivity contribution in [3.05, 3.63) is 65.2 Å². The molecule has 0 fully saturated rings. The highest BCUT2D eigenvalue weighted by Gasteiger charge is 2.30. The summed E-state index contributed by atoms with van der Waals surface area (Å²) in [6.07, 6.45) is -1.13. The van der Waals surface area contributed by atoms with Gasteiger partial charge in [0.25, 0.3) is 6.45 Å². The zero-order chi connectivity index (χ0) is 37.2. The Morgan fingerprint density at radius 2 is 1.60 bits per heavy atom. The van der Waals surface area contributed by atoms with Gasteiger partial charge in [-0.2, -0.15) is 0 Å². The summed E-state index contributed by atoms with van der Waals surface area (Å²) >= 11 is 0. The van der Waals surface area contributed by atoms with E-state index in [1.165, 1.54) is 0 Å². The standard InChI is InChI=1S/C35H47N5O8/c1-22(2)32(40-31(44)16-13-27(33(45)37-4)18-29(42)25-11-7-23(3)8-12-25)30(43)19-26(6-5-17-38-35(36)47)34(46)39-28-14-9-24(10-15-28)20-48-21-41/h7-12,14-15,21-22,26-27,32H,5-6,13,16-20H2,1-4H3,(H,37,45)(H,39,46)(H,40,44)(H3,36,38,47)/t26-,27-,32+/m1/s1/i4D,21D. The molecule has 2 aromatic rings. The van der Waals surface area contributed by atoms with Crippen LogP contribution >= 0.6 is 0 Å². The molecule has 13 heteroatoms. The van der Waals surface area contributed by atoms with E-state index in [9.17, 15) is 33.6 Å². The van der Waals surface area contributed by atoms with E-state index >= 15 is 0 Å². The van der Waals surface area contributed by atoms with E-state index in [4.69, 9.17) is 8.48 Å². The minimum Gasteiger partial charge on any atom is -0.463 e. The highest BCUT2D eigenvalue weighted by molar-refractivity contribution is 5.99. The van der Waals surface area contributed by atoms with Gasteiger partial charge >= 0.3 is 6.03 Å². The molecule has 3 atom stereocenters. The molecule has 5 amide bonds. The van der Waals surface area contributed by atoms with Crippen molar-refractivity contribution in [3.8, 4) is 0 Å². The number of ether oxygens (including phenoxy) is 1. The molecule has 6 N–H and O–H groups in total. The molecule has 0 spiro atoms. The van der Waals surface area contributed by atoms with Crippen molar-refractivity contribution >= 4 is 47.5 Å². The van der Waals surface area contributed by atoms with Crippen LogP contribution in [0.5, 0.6) is 0 Å². The van der Waals surface area contributed by atoms with Gasteiger partial charge in [0.2, 0.25) is 17.7 Å². The third-order valence-corrected chi connectivity index (χ3v) is 7.77. The first-order valence-corrected chi connectivity index (χ1v) is 15.8. The topological polar surface area (TPSA) is 203 Å². The Balaban J connectivity index is 2.10. The summed E-state index contributed by atoms with van der Waals surface area (Å²) < 4.78 is 18.8. The van der Waals surface area contributed by atoms with Crippen molar-refractivity contribution in [1.29, 1.82) is 0 Å². The Morgan fingerprint density at radius 3 is 2.21 bits per heavy atom. The quantitative estimate of drug-likeness (QED) is 0.0804. The normalized spacial score (nSPS) is 13.2. The van der Waals surface area contributed by atoms with Crippen LogP contribution in [0.4, 0.5) is 10.5 Å². The number of benzene rings is 2. The van der Waals surface area contributed by atoms with E-state index in [0.717, 1.165) is 5.56 Å². The molecule has 0 aliphatic heterocycles. The van der Waals surface area contributed by atoms with Crippen LogP contribution in [0.2, 0.25) is 0 Å². The Bertz CT molecular complexity index is 1480. The molecule has 0 bridgehead atoms. The average molecular weight is 668 g/mol. The van der Waals surface area contributed by atoms with Crippen molar-refractivity contribution in [2.75, 3.05) is 18.9 Å². The summed E-state index contributed by atoms with van der Waals surface area (Å²) in [5.74, 6) is -4.18. The van der Waals surface area contributed by atoms with E-state index < -0.39 is 48.1 Å². The van der Waals surface area contributed by atoms with E-state index in [-0.39, 0.29) is 69.8 Å². The predicted octanol–water partition coefficient (Wildman–Crippen LogP) is 3.19. The molecule has 2 aromatic carbocycles. The van der Waals surface area contributed by atoms with E-state index in [2.05, 4.69) is 26.0 Å². The smallest absolute Gasteiger partial charge is 0.312 e. The zero-order valence-corrected chi connectivity index (χ0v) is 27.6. The number of hydrogen-bond acceptors (Lipinski definition) is 8. The average Bonchev–Trinajstić information content (AvgIpc) is 3.06. The summed E-state index contributed by atoms with van der Waals surface area (Å²) in [5, 5.41) is 10.4. The SMILES string of the molecule is [2H]CNC(=O)[C@H](CCC(=O)N[C@H](C(=O)C[C@@H](CCCNC(N)=O)C(=O)Nc1ccc(COC([2H])=O)cc1)C(C)C)CC(=O)c1ccc(C)cc1. The molecule has 0 saturated carbocycles. The Kier molecular flexibility index (Phi) is 15.1. The first-order chi connectivity index (χ1) is 23.7. The Labute approximate surface area is 283 Å². The van der Waals surface area contributed by atoms with Gasteiger partial charge in [0.15, 0.2) is 12.9 Å². The zero-order valence-electron chi connectivity index (χ0n) is 29.6. The summed E-state index contributed by atoms with van der Waals surface area (Å²) in [5.41, 5.74) is 7.57. The van der Waals surface area contributed by atoms with Gasteiger partial charge in [-0.1, -0.05) is 55.8 Å². The number of Topliss-reactive ketones (excluding diaryl/α,β-unsaturated/α-hetero) is 2. The number of primary amides is 1. The fourth-order valence-corrected chi connectivity index (χ4v) is 5.02. The van der Waals surface area contributed by atoms with Crippen LogP contribution in [-0.4, -0.2) is 61.4 Å². The number of nitrogens with one attached hydrogen (secondary N) is 4. The van der Waals surface area contributed by atoms with Crippen molar-refractivity contribution in [3.63, 3.8) is 0 Å². The number of carbonyl (C=O) groups is 7. The van der Waals surface area contributed by atoms with Gasteiger partial charge in [-0.05, 0) is 49.8 Å². The summed E-state index contributed by atoms with van der Waals surface area (Å²) in [4.78, 5) is 87.5. The minimum atomic E-state index is -1.17. The number of ketones is 2. The lowest BCUT2D eigenvalue weighted by Gasteiger charge is -2.24. The van der Waals surface area contributed by atoms with Crippen molar-refractivity contribution in [1.82, 2.24) is 16.0 Å². The largest absolute Gasteiger partial charge is 0.463 e. The molecule has 0 saturated heterocycles. The number of urea groups is 1. The Morgan fingerprint density at radius 1 is 0.938 bits per heavy atom. The number of hydrogen-bond donors (Lipinski definition) is 5. The molecule has 260 valence electrons. The molecule has 0 radical (unpaired) electrons. The third kappa shape index (κ3) is 13.7. The maximum absolute atomic E-state index is 13.6. The van der Waals surface area contributed by atoms with Gasteiger partial charge in [-0.3, -0.25) is 28.8 Å². The first kappa shape index (κ1) is 35.8. The second kappa shape index (κ2) is 20.2. The molecular formula is C35H47N5O8. The van der Waals surface area contributed by atoms with Crippen LogP contribution in [0.25, 0.3) is 0 Å². The lowest BCUT2D eigenvalue weighted by molar-refractivity contribution is -0.131. The van der Waals surface area contributed by atoms with Gasteiger partial charge in [-0.25, -0.2) is 4.79 Å². The molecule has 0 aliphatic rings. The van der Waals surface area contributed by atoms with Gasteiger partial charge in [0.1, 0.15) is 6.61 Å². The van der Waals surface area contributed by atoms with Crippen LogP contribution < -0.4 is 27.0 Å². The van der Waals surface area contributed by atoms with E-state index in [1.54, 1.807) is 62.4 Å². The molecule has 0 unspecified atom stereocenters. The fourth-order valence-electron chi connectivity index (χ4n) is 5.02. The fraction of sp³-hybridized carbons (Fsp3) is 0.457. The van der Waals surface area contributed by atoms with Crippen LogP contribution in [-0.2, 0) is 35.3 Å². The maximum atomic E-state index is 13.6. The monoisotopic (exact) mass is 667 g/mol.